The molecule has 0 saturated heterocycles. The Morgan fingerprint density at radius 2 is 1.94 bits per heavy atom. The number of rotatable bonds is 9. The van der Waals surface area contributed by atoms with Crippen molar-refractivity contribution in [3.63, 3.8) is 0 Å². The maximum atomic E-state index is 11.4. The Morgan fingerprint density at radius 1 is 1.29 bits per heavy atom. The molecule has 0 spiro atoms. The van der Waals surface area contributed by atoms with Crippen LogP contribution in [0, 0.1) is 5.92 Å². The van der Waals surface area contributed by atoms with E-state index in [1.165, 1.54) is 0 Å². The molecule has 0 saturated carbocycles. The lowest BCUT2D eigenvalue weighted by atomic mass is 10.0. The Bertz CT molecular complexity index is 244. The molecule has 1 atom stereocenters. The second-order valence-electron chi connectivity index (χ2n) is 4.20. The van der Waals surface area contributed by atoms with Crippen molar-refractivity contribution in [2.24, 2.45) is 11.7 Å². The summed E-state index contributed by atoms with van der Waals surface area (Å²) in [5, 5.41) is 2.55. The first-order valence-electron chi connectivity index (χ1n) is 5.62. The molecule has 0 aromatic rings. The smallest absolute Gasteiger partial charge is 0.246 e. The zero-order valence-electron chi connectivity index (χ0n) is 10.7. The molecule has 0 aliphatic rings. The number of carbonyl (C=O) groups is 2. The molecule has 0 heterocycles. The van der Waals surface area contributed by atoms with Gasteiger partial charge in [0.15, 0.2) is 0 Å². The van der Waals surface area contributed by atoms with Crippen molar-refractivity contribution in [2.75, 3.05) is 26.9 Å². The first-order valence-corrected chi connectivity index (χ1v) is 5.62. The van der Waals surface area contributed by atoms with Crippen molar-refractivity contribution < 1.29 is 19.1 Å². The van der Waals surface area contributed by atoms with Gasteiger partial charge in [0.25, 0.3) is 0 Å². The van der Waals surface area contributed by atoms with E-state index >= 15 is 0 Å². The largest absolute Gasteiger partial charge is 0.382 e. The molecule has 0 aliphatic heterocycles. The highest BCUT2D eigenvalue weighted by atomic mass is 16.5. The number of ether oxygens (including phenoxy) is 2. The van der Waals surface area contributed by atoms with Crippen LogP contribution >= 0.6 is 0 Å². The van der Waals surface area contributed by atoms with Gasteiger partial charge in [0.2, 0.25) is 11.8 Å². The van der Waals surface area contributed by atoms with Gasteiger partial charge in [0.05, 0.1) is 13.2 Å². The lowest BCUT2D eigenvalue weighted by Gasteiger charge is -2.17. The van der Waals surface area contributed by atoms with Gasteiger partial charge in [-0.15, -0.1) is 0 Å². The minimum Gasteiger partial charge on any atom is -0.382 e. The highest BCUT2D eigenvalue weighted by molar-refractivity contribution is 5.86. The number of hydrogen-bond acceptors (Lipinski definition) is 4. The first kappa shape index (κ1) is 15.9. The van der Waals surface area contributed by atoms with E-state index in [4.69, 9.17) is 15.2 Å². The summed E-state index contributed by atoms with van der Waals surface area (Å²) in [6.45, 7) is 4.59. The summed E-state index contributed by atoms with van der Waals surface area (Å²) >= 11 is 0. The SMILES string of the molecule is COCCOCC(=O)N[C@@H](CC(C)C)C(N)=O. The molecule has 6 nitrogen and oxygen atoms in total. The normalized spacial score (nSPS) is 12.5. The average molecular weight is 246 g/mol. The Kier molecular flexibility index (Phi) is 8.35. The summed E-state index contributed by atoms with van der Waals surface area (Å²) in [6, 6.07) is -0.631. The second kappa shape index (κ2) is 8.95. The van der Waals surface area contributed by atoms with Gasteiger partial charge in [-0.05, 0) is 12.3 Å². The third-order valence-electron chi connectivity index (χ3n) is 2.05. The summed E-state index contributed by atoms with van der Waals surface area (Å²) in [7, 11) is 1.55. The van der Waals surface area contributed by atoms with E-state index in [9.17, 15) is 9.59 Å². The lowest BCUT2D eigenvalue weighted by Crippen LogP contribution is -2.46. The highest BCUT2D eigenvalue weighted by Gasteiger charge is 2.18. The Morgan fingerprint density at radius 3 is 2.41 bits per heavy atom. The van der Waals surface area contributed by atoms with Gasteiger partial charge < -0.3 is 20.5 Å². The molecule has 0 unspecified atom stereocenters. The lowest BCUT2D eigenvalue weighted by molar-refractivity contribution is -0.131. The molecule has 0 aromatic carbocycles. The number of primary amides is 1. The third-order valence-corrected chi connectivity index (χ3v) is 2.05. The standard InChI is InChI=1S/C11H22N2O4/c1-8(2)6-9(11(12)15)13-10(14)7-17-5-4-16-3/h8-9H,4-7H2,1-3H3,(H2,12,15)(H,13,14)/t9-/m0/s1. The molecule has 2 amide bonds. The number of methoxy groups -OCH3 is 1. The maximum absolute atomic E-state index is 11.4. The zero-order valence-corrected chi connectivity index (χ0v) is 10.7. The Labute approximate surface area is 102 Å². The van der Waals surface area contributed by atoms with Gasteiger partial charge >= 0.3 is 0 Å². The average Bonchev–Trinajstić information content (AvgIpc) is 2.22. The molecule has 0 aromatic heterocycles. The molecule has 0 fully saturated rings. The minimum atomic E-state index is -0.631. The quantitative estimate of drug-likeness (QED) is 0.545. The Hall–Kier alpha value is -1.14. The summed E-state index contributed by atoms with van der Waals surface area (Å²) < 4.78 is 9.80. The predicted octanol–water partition coefficient (Wildman–Crippen LogP) is -0.334. The molecule has 17 heavy (non-hydrogen) atoms. The molecule has 6 heteroatoms. The van der Waals surface area contributed by atoms with Crippen molar-refractivity contribution in [1.82, 2.24) is 5.32 Å². The third kappa shape index (κ3) is 8.65. The zero-order chi connectivity index (χ0) is 13.3. The Balaban J connectivity index is 3.91. The van der Waals surface area contributed by atoms with E-state index in [0.717, 1.165) is 0 Å². The summed E-state index contributed by atoms with van der Waals surface area (Å²) in [5.74, 6) is -0.586. The maximum Gasteiger partial charge on any atom is 0.246 e. The van der Waals surface area contributed by atoms with Crippen LogP contribution in [0.4, 0.5) is 0 Å². The fourth-order valence-electron chi connectivity index (χ4n) is 1.26. The number of nitrogens with one attached hydrogen (secondary N) is 1. The van der Waals surface area contributed by atoms with Gasteiger partial charge in [0.1, 0.15) is 12.6 Å². The van der Waals surface area contributed by atoms with Crippen LogP contribution in [0.5, 0.6) is 0 Å². The van der Waals surface area contributed by atoms with E-state index in [1.807, 2.05) is 13.8 Å². The van der Waals surface area contributed by atoms with E-state index in [-0.39, 0.29) is 18.4 Å². The van der Waals surface area contributed by atoms with Crippen molar-refractivity contribution in [3.8, 4) is 0 Å². The van der Waals surface area contributed by atoms with Crippen molar-refractivity contribution in [3.05, 3.63) is 0 Å². The van der Waals surface area contributed by atoms with Crippen LogP contribution < -0.4 is 11.1 Å². The fourth-order valence-corrected chi connectivity index (χ4v) is 1.26. The molecule has 0 radical (unpaired) electrons. The number of hydrogen-bond donors (Lipinski definition) is 2. The fraction of sp³-hybridized carbons (Fsp3) is 0.818. The van der Waals surface area contributed by atoms with Crippen LogP contribution in [0.15, 0.2) is 0 Å². The number of nitrogens with two attached hydrogens (primary N) is 1. The number of amides is 2. The van der Waals surface area contributed by atoms with Crippen LogP contribution in [0.1, 0.15) is 20.3 Å². The van der Waals surface area contributed by atoms with E-state index in [1.54, 1.807) is 7.11 Å². The highest BCUT2D eigenvalue weighted by Crippen LogP contribution is 2.04. The van der Waals surface area contributed by atoms with Crippen molar-refractivity contribution in [2.45, 2.75) is 26.3 Å². The topological polar surface area (TPSA) is 90.7 Å². The van der Waals surface area contributed by atoms with E-state index in [2.05, 4.69) is 5.32 Å². The van der Waals surface area contributed by atoms with E-state index < -0.39 is 11.9 Å². The first-order chi connectivity index (χ1) is 7.97. The summed E-state index contributed by atoms with van der Waals surface area (Å²) in [4.78, 5) is 22.5. The van der Waals surface area contributed by atoms with Gasteiger partial charge in [-0.3, -0.25) is 9.59 Å². The van der Waals surface area contributed by atoms with Crippen molar-refractivity contribution in [1.29, 1.82) is 0 Å². The molecule has 3 N–H and O–H groups in total. The summed E-state index contributed by atoms with van der Waals surface area (Å²) in [5.41, 5.74) is 5.20. The van der Waals surface area contributed by atoms with Gasteiger partial charge in [-0.2, -0.15) is 0 Å². The van der Waals surface area contributed by atoms with Gasteiger partial charge in [0, 0.05) is 7.11 Å². The molecule has 0 bridgehead atoms. The molecule has 0 rings (SSSR count). The molecule has 100 valence electrons. The minimum absolute atomic E-state index is 0.0920. The summed E-state index contributed by atoms with van der Waals surface area (Å²) in [6.07, 6.45) is 0.527. The molecular weight excluding hydrogens is 224 g/mol. The van der Waals surface area contributed by atoms with Gasteiger partial charge in [-0.1, -0.05) is 13.8 Å². The van der Waals surface area contributed by atoms with Crippen LogP contribution in [-0.4, -0.2) is 44.8 Å². The number of carbonyl (C=O) groups excluding carboxylic acids is 2. The van der Waals surface area contributed by atoms with Gasteiger partial charge in [-0.25, -0.2) is 0 Å². The predicted molar refractivity (Wildman–Crippen MR) is 63.3 cm³/mol. The van der Waals surface area contributed by atoms with E-state index in [0.29, 0.717) is 19.6 Å². The van der Waals surface area contributed by atoms with Crippen molar-refractivity contribution >= 4 is 11.8 Å². The molecule has 0 aliphatic carbocycles. The van der Waals surface area contributed by atoms with Crippen LogP contribution in [0.3, 0.4) is 0 Å². The second-order valence-corrected chi connectivity index (χ2v) is 4.20. The van der Waals surface area contributed by atoms with Crippen LogP contribution in [0.25, 0.3) is 0 Å². The monoisotopic (exact) mass is 246 g/mol. The van der Waals surface area contributed by atoms with Crippen LogP contribution in [-0.2, 0) is 19.1 Å². The van der Waals surface area contributed by atoms with Crippen LogP contribution in [0.2, 0.25) is 0 Å². The molecular formula is C11H22N2O4.